The van der Waals surface area contributed by atoms with Gasteiger partial charge in [-0.2, -0.15) is 0 Å². The molecule has 2 aromatic carbocycles. The predicted molar refractivity (Wildman–Crippen MR) is 80.4 cm³/mol. The largest absolute Gasteiger partial charge is 0.497 e. The van der Waals surface area contributed by atoms with Gasteiger partial charge in [0.1, 0.15) is 5.75 Å². The molecule has 0 heterocycles. The van der Waals surface area contributed by atoms with Crippen molar-refractivity contribution in [1.29, 1.82) is 0 Å². The molecule has 0 bridgehead atoms. The van der Waals surface area contributed by atoms with Crippen LogP contribution in [0, 0.1) is 10.1 Å². The molecule has 2 aromatic rings. The molecule has 104 valence electrons. The van der Waals surface area contributed by atoms with Crippen LogP contribution in [0.5, 0.6) is 5.75 Å². The van der Waals surface area contributed by atoms with Crippen LogP contribution in [-0.4, -0.2) is 12.0 Å². The maximum atomic E-state index is 10.8. The summed E-state index contributed by atoms with van der Waals surface area (Å²) in [5.41, 5.74) is 1.07. The quantitative estimate of drug-likeness (QED) is 0.463. The normalized spacial score (nSPS) is 11.9. The van der Waals surface area contributed by atoms with E-state index in [2.05, 4.69) is 0 Å². The third kappa shape index (κ3) is 3.51. The zero-order chi connectivity index (χ0) is 14.5. The van der Waals surface area contributed by atoms with Crippen LogP contribution in [0.4, 0.5) is 5.69 Å². The Bertz CT molecular complexity index is 598. The smallest absolute Gasteiger partial charge is 0.269 e. The van der Waals surface area contributed by atoms with Gasteiger partial charge in [0.25, 0.3) is 5.69 Å². The lowest BCUT2D eigenvalue weighted by Gasteiger charge is -2.11. The molecule has 0 spiro atoms. The first-order valence-corrected chi connectivity index (χ1v) is 7.03. The number of hydrogen-bond acceptors (Lipinski definition) is 4. The highest BCUT2D eigenvalue weighted by Crippen LogP contribution is 2.36. The molecule has 4 nitrogen and oxygen atoms in total. The molecule has 5 heteroatoms. The van der Waals surface area contributed by atoms with Gasteiger partial charge >= 0.3 is 0 Å². The highest BCUT2D eigenvalue weighted by molar-refractivity contribution is 7.99. The average Bonchev–Trinajstić information content (AvgIpc) is 2.48. The maximum Gasteiger partial charge on any atom is 0.269 e. The molecule has 20 heavy (non-hydrogen) atoms. The van der Waals surface area contributed by atoms with Crippen molar-refractivity contribution in [2.24, 2.45) is 0 Å². The van der Waals surface area contributed by atoms with Crippen molar-refractivity contribution in [3.8, 4) is 5.75 Å². The summed E-state index contributed by atoms with van der Waals surface area (Å²) >= 11 is 1.66. The first-order chi connectivity index (χ1) is 9.60. The molecule has 0 aromatic heterocycles. The number of benzene rings is 2. The minimum Gasteiger partial charge on any atom is -0.497 e. The summed E-state index contributed by atoms with van der Waals surface area (Å²) in [4.78, 5) is 11.5. The van der Waals surface area contributed by atoms with Crippen molar-refractivity contribution in [3.05, 3.63) is 64.2 Å². The Morgan fingerprint density at radius 3 is 2.50 bits per heavy atom. The van der Waals surface area contributed by atoms with Crippen molar-refractivity contribution in [3.63, 3.8) is 0 Å². The second-order valence-electron chi connectivity index (χ2n) is 4.29. The summed E-state index contributed by atoms with van der Waals surface area (Å²) < 4.78 is 5.12. The van der Waals surface area contributed by atoms with E-state index in [9.17, 15) is 10.1 Å². The van der Waals surface area contributed by atoms with Crippen molar-refractivity contribution in [1.82, 2.24) is 0 Å². The Hall–Kier alpha value is -2.01. The number of ether oxygens (including phenoxy) is 1. The van der Waals surface area contributed by atoms with Gasteiger partial charge in [-0.05, 0) is 36.8 Å². The van der Waals surface area contributed by atoms with E-state index in [1.165, 1.54) is 6.07 Å². The Balaban J connectivity index is 2.12. The molecule has 0 aliphatic carbocycles. The number of nitro benzene ring substituents is 1. The Kier molecular flexibility index (Phi) is 4.63. The first kappa shape index (κ1) is 14.4. The van der Waals surface area contributed by atoms with Crippen LogP contribution >= 0.6 is 11.8 Å². The summed E-state index contributed by atoms with van der Waals surface area (Å²) in [6.45, 7) is 2.04. The van der Waals surface area contributed by atoms with Gasteiger partial charge in [-0.15, -0.1) is 11.8 Å². The van der Waals surface area contributed by atoms with E-state index in [-0.39, 0.29) is 15.9 Å². The number of rotatable bonds is 5. The molecule has 0 saturated carbocycles. The maximum absolute atomic E-state index is 10.8. The van der Waals surface area contributed by atoms with Crippen LogP contribution in [0.2, 0.25) is 0 Å². The standard InChI is InChI=1S/C15H15NO3S/c1-11(12-4-3-5-13(10-12)16(17)18)20-15-8-6-14(19-2)7-9-15/h3-11H,1-2H3. The summed E-state index contributed by atoms with van der Waals surface area (Å²) in [5.74, 6) is 0.817. The summed E-state index contributed by atoms with van der Waals surface area (Å²) in [7, 11) is 1.63. The van der Waals surface area contributed by atoms with Crippen LogP contribution in [0.15, 0.2) is 53.4 Å². The predicted octanol–water partition coefficient (Wildman–Crippen LogP) is 4.46. The van der Waals surface area contributed by atoms with Crippen molar-refractivity contribution in [2.45, 2.75) is 17.1 Å². The van der Waals surface area contributed by atoms with Gasteiger partial charge in [0.2, 0.25) is 0 Å². The van der Waals surface area contributed by atoms with Crippen molar-refractivity contribution < 1.29 is 9.66 Å². The third-order valence-corrected chi connectivity index (χ3v) is 4.09. The minimum absolute atomic E-state index is 0.129. The molecular formula is C15H15NO3S. The van der Waals surface area contributed by atoms with E-state index in [1.807, 2.05) is 37.3 Å². The Morgan fingerprint density at radius 1 is 1.20 bits per heavy atom. The summed E-state index contributed by atoms with van der Waals surface area (Å²) in [6, 6.07) is 14.5. The topological polar surface area (TPSA) is 52.4 Å². The highest BCUT2D eigenvalue weighted by Gasteiger charge is 2.12. The fraction of sp³-hybridized carbons (Fsp3) is 0.200. The average molecular weight is 289 g/mol. The van der Waals surface area contributed by atoms with E-state index in [0.29, 0.717) is 0 Å². The summed E-state index contributed by atoms with van der Waals surface area (Å²) in [5, 5.41) is 10.9. The van der Waals surface area contributed by atoms with Gasteiger partial charge in [0, 0.05) is 22.3 Å². The number of nitrogens with zero attached hydrogens (tertiary/aromatic N) is 1. The number of nitro groups is 1. The lowest BCUT2D eigenvalue weighted by Crippen LogP contribution is -1.92. The monoisotopic (exact) mass is 289 g/mol. The van der Waals surface area contributed by atoms with Crippen LogP contribution < -0.4 is 4.74 Å². The van der Waals surface area contributed by atoms with Crippen LogP contribution in [0.1, 0.15) is 17.7 Å². The molecular weight excluding hydrogens is 274 g/mol. The van der Waals surface area contributed by atoms with Gasteiger partial charge < -0.3 is 4.74 Å². The van der Waals surface area contributed by atoms with Crippen LogP contribution in [0.3, 0.4) is 0 Å². The molecule has 0 radical (unpaired) electrons. The number of non-ortho nitro benzene ring substituents is 1. The lowest BCUT2D eigenvalue weighted by molar-refractivity contribution is -0.384. The van der Waals surface area contributed by atoms with Crippen LogP contribution in [0.25, 0.3) is 0 Å². The zero-order valence-electron chi connectivity index (χ0n) is 11.3. The zero-order valence-corrected chi connectivity index (χ0v) is 12.1. The Morgan fingerprint density at radius 2 is 1.90 bits per heavy atom. The second kappa shape index (κ2) is 6.43. The molecule has 0 fully saturated rings. The van der Waals surface area contributed by atoms with Crippen molar-refractivity contribution in [2.75, 3.05) is 7.11 Å². The van der Waals surface area contributed by atoms with Gasteiger partial charge in [0.15, 0.2) is 0 Å². The van der Waals surface area contributed by atoms with E-state index < -0.39 is 0 Å². The molecule has 2 rings (SSSR count). The fourth-order valence-corrected chi connectivity index (χ4v) is 2.80. The van der Waals surface area contributed by atoms with Gasteiger partial charge in [-0.25, -0.2) is 0 Å². The SMILES string of the molecule is COc1ccc(SC(C)c2cccc([N+](=O)[O-])c2)cc1. The van der Waals surface area contributed by atoms with Gasteiger partial charge in [-0.3, -0.25) is 10.1 Å². The number of thioether (sulfide) groups is 1. The minimum atomic E-state index is -0.367. The highest BCUT2D eigenvalue weighted by atomic mass is 32.2. The van der Waals surface area contributed by atoms with Crippen molar-refractivity contribution >= 4 is 17.4 Å². The third-order valence-electron chi connectivity index (χ3n) is 2.92. The molecule has 0 amide bonds. The Labute approximate surface area is 121 Å². The second-order valence-corrected chi connectivity index (χ2v) is 5.70. The molecule has 0 saturated heterocycles. The number of hydrogen-bond donors (Lipinski definition) is 0. The summed E-state index contributed by atoms with van der Waals surface area (Å²) in [6.07, 6.45) is 0. The fourth-order valence-electron chi connectivity index (χ4n) is 1.82. The number of methoxy groups -OCH3 is 1. The first-order valence-electron chi connectivity index (χ1n) is 6.15. The van der Waals surface area contributed by atoms with Gasteiger partial charge in [-0.1, -0.05) is 12.1 Å². The molecule has 1 atom stereocenters. The molecule has 1 unspecified atom stereocenters. The van der Waals surface area contributed by atoms with E-state index in [1.54, 1.807) is 31.0 Å². The van der Waals surface area contributed by atoms with Crippen LogP contribution in [-0.2, 0) is 0 Å². The molecule has 0 aliphatic rings. The molecule has 0 aliphatic heterocycles. The van der Waals surface area contributed by atoms with E-state index in [4.69, 9.17) is 4.74 Å². The lowest BCUT2D eigenvalue weighted by atomic mass is 10.1. The van der Waals surface area contributed by atoms with E-state index >= 15 is 0 Å². The van der Waals surface area contributed by atoms with E-state index in [0.717, 1.165) is 16.2 Å². The van der Waals surface area contributed by atoms with Gasteiger partial charge in [0.05, 0.1) is 12.0 Å². The molecule has 0 N–H and O–H groups in total.